The predicted molar refractivity (Wildman–Crippen MR) is 78.0 cm³/mol. The molecule has 0 bridgehead atoms. The lowest BCUT2D eigenvalue weighted by Crippen LogP contribution is -2.30. The van der Waals surface area contributed by atoms with Crippen LogP contribution < -0.4 is 5.32 Å². The zero-order valence-corrected chi connectivity index (χ0v) is 11.5. The van der Waals surface area contributed by atoms with Crippen LogP contribution in [0.25, 0.3) is 11.4 Å². The quantitative estimate of drug-likeness (QED) is 0.914. The first-order valence-electron chi connectivity index (χ1n) is 7.13. The van der Waals surface area contributed by atoms with Gasteiger partial charge in [-0.3, -0.25) is 0 Å². The average molecular weight is 255 g/mol. The number of aryl methyl sites for hydroxylation is 1. The molecule has 0 radical (unpaired) electrons. The summed E-state index contributed by atoms with van der Waals surface area (Å²) in [5.41, 5.74) is 2.47. The van der Waals surface area contributed by atoms with Gasteiger partial charge in [0.05, 0.1) is 0 Å². The van der Waals surface area contributed by atoms with Gasteiger partial charge in [-0.05, 0) is 38.8 Å². The van der Waals surface area contributed by atoms with Crippen molar-refractivity contribution in [1.29, 1.82) is 0 Å². The van der Waals surface area contributed by atoms with Crippen molar-refractivity contribution in [3.63, 3.8) is 0 Å². The molecule has 0 unspecified atom stereocenters. The third-order valence-corrected chi connectivity index (χ3v) is 3.99. The molecule has 3 rings (SSSR count). The fourth-order valence-electron chi connectivity index (χ4n) is 2.83. The summed E-state index contributed by atoms with van der Waals surface area (Å²) in [7, 11) is 0. The van der Waals surface area contributed by atoms with Crippen LogP contribution in [0.2, 0.25) is 0 Å². The Morgan fingerprint density at radius 2 is 1.95 bits per heavy atom. The minimum atomic E-state index is 0.775. The van der Waals surface area contributed by atoms with Gasteiger partial charge in [-0.25, -0.2) is 4.98 Å². The number of hydrogen-bond donors (Lipinski definition) is 1. The minimum Gasteiger partial charge on any atom is -0.328 e. The molecular formula is C16H21N3. The third kappa shape index (κ3) is 2.71. The number of rotatable bonds is 3. The molecule has 100 valence electrons. The highest BCUT2D eigenvalue weighted by molar-refractivity contribution is 5.55. The summed E-state index contributed by atoms with van der Waals surface area (Å²) in [4.78, 5) is 4.60. The third-order valence-electron chi connectivity index (χ3n) is 3.99. The lowest BCUT2D eigenvalue weighted by Gasteiger charge is -2.24. The first kappa shape index (κ1) is 12.4. The van der Waals surface area contributed by atoms with Gasteiger partial charge in [-0.15, -0.1) is 0 Å². The van der Waals surface area contributed by atoms with Crippen LogP contribution in [0.4, 0.5) is 0 Å². The maximum atomic E-state index is 4.60. The highest BCUT2D eigenvalue weighted by atomic mass is 15.1. The molecule has 2 aromatic rings. The van der Waals surface area contributed by atoms with Crippen molar-refractivity contribution in [1.82, 2.24) is 14.9 Å². The van der Waals surface area contributed by atoms with Crippen molar-refractivity contribution in [3.05, 3.63) is 42.2 Å². The molecule has 2 heterocycles. The summed E-state index contributed by atoms with van der Waals surface area (Å²) in [6.07, 6.45) is 4.53. The van der Waals surface area contributed by atoms with Gasteiger partial charge in [-0.1, -0.05) is 30.3 Å². The second-order valence-electron chi connectivity index (χ2n) is 5.39. The Hall–Kier alpha value is -1.61. The first-order chi connectivity index (χ1) is 9.34. The molecule has 3 nitrogen and oxygen atoms in total. The molecule has 0 spiro atoms. The normalized spacial score (nSPS) is 16.7. The van der Waals surface area contributed by atoms with Crippen molar-refractivity contribution >= 4 is 0 Å². The second kappa shape index (κ2) is 5.57. The summed E-state index contributed by atoms with van der Waals surface area (Å²) >= 11 is 0. The standard InChI is InChI=1S/C16H21N3/c1-13-11-18-16(15-5-3-2-4-6-15)19(13)12-14-7-9-17-10-8-14/h2-6,11,14,17H,7-10,12H2,1H3. The van der Waals surface area contributed by atoms with E-state index in [0.29, 0.717) is 0 Å². The Morgan fingerprint density at radius 1 is 1.21 bits per heavy atom. The van der Waals surface area contributed by atoms with Crippen LogP contribution in [-0.4, -0.2) is 22.6 Å². The van der Waals surface area contributed by atoms with E-state index in [4.69, 9.17) is 0 Å². The van der Waals surface area contributed by atoms with Gasteiger partial charge in [0.15, 0.2) is 0 Å². The number of hydrogen-bond acceptors (Lipinski definition) is 2. The summed E-state index contributed by atoms with van der Waals surface area (Å²) in [6, 6.07) is 10.5. The zero-order valence-electron chi connectivity index (χ0n) is 11.5. The van der Waals surface area contributed by atoms with Crippen LogP contribution in [0.15, 0.2) is 36.5 Å². The van der Waals surface area contributed by atoms with Gasteiger partial charge in [0.25, 0.3) is 0 Å². The molecule has 1 fully saturated rings. The van der Waals surface area contributed by atoms with Gasteiger partial charge < -0.3 is 9.88 Å². The number of nitrogens with one attached hydrogen (secondary N) is 1. The van der Waals surface area contributed by atoms with E-state index in [0.717, 1.165) is 31.4 Å². The van der Waals surface area contributed by atoms with Crippen LogP contribution in [0.3, 0.4) is 0 Å². The highest BCUT2D eigenvalue weighted by Gasteiger charge is 2.17. The van der Waals surface area contributed by atoms with Gasteiger partial charge >= 0.3 is 0 Å². The number of benzene rings is 1. The number of nitrogens with zero attached hydrogens (tertiary/aromatic N) is 2. The minimum absolute atomic E-state index is 0.775. The van der Waals surface area contributed by atoms with Crippen molar-refractivity contribution < 1.29 is 0 Å². The van der Waals surface area contributed by atoms with E-state index >= 15 is 0 Å². The van der Waals surface area contributed by atoms with Gasteiger partial charge in [0.2, 0.25) is 0 Å². The van der Waals surface area contributed by atoms with E-state index in [1.165, 1.54) is 24.1 Å². The SMILES string of the molecule is Cc1cnc(-c2ccccc2)n1CC1CCNCC1. The molecule has 0 atom stereocenters. The fourth-order valence-corrected chi connectivity index (χ4v) is 2.83. The largest absolute Gasteiger partial charge is 0.328 e. The van der Waals surface area contributed by atoms with E-state index in [2.05, 4.69) is 52.1 Å². The van der Waals surface area contributed by atoms with Crippen LogP contribution in [-0.2, 0) is 6.54 Å². The Balaban J connectivity index is 1.86. The molecule has 3 heteroatoms. The van der Waals surface area contributed by atoms with Crippen LogP contribution in [0.5, 0.6) is 0 Å². The van der Waals surface area contributed by atoms with Crippen LogP contribution in [0.1, 0.15) is 18.5 Å². The molecule has 1 aromatic heterocycles. The number of piperidine rings is 1. The van der Waals surface area contributed by atoms with Crippen molar-refractivity contribution in [3.8, 4) is 11.4 Å². The molecule has 1 aromatic carbocycles. The van der Waals surface area contributed by atoms with E-state index < -0.39 is 0 Å². The van der Waals surface area contributed by atoms with Crippen molar-refractivity contribution in [2.75, 3.05) is 13.1 Å². The average Bonchev–Trinajstić information content (AvgIpc) is 2.82. The molecule has 0 saturated carbocycles. The highest BCUT2D eigenvalue weighted by Crippen LogP contribution is 2.23. The first-order valence-corrected chi connectivity index (χ1v) is 7.13. The predicted octanol–water partition coefficient (Wildman–Crippen LogP) is 2.86. The Labute approximate surface area is 114 Å². The van der Waals surface area contributed by atoms with Crippen LogP contribution in [0, 0.1) is 12.8 Å². The lowest BCUT2D eigenvalue weighted by atomic mass is 9.98. The van der Waals surface area contributed by atoms with E-state index in [1.54, 1.807) is 0 Å². The van der Waals surface area contributed by atoms with Gasteiger partial charge in [0.1, 0.15) is 5.82 Å². The molecule has 0 amide bonds. The fraction of sp³-hybridized carbons (Fsp3) is 0.438. The number of imidazole rings is 1. The molecule has 19 heavy (non-hydrogen) atoms. The Morgan fingerprint density at radius 3 is 2.68 bits per heavy atom. The molecule has 1 aliphatic heterocycles. The maximum absolute atomic E-state index is 4.60. The Kier molecular flexibility index (Phi) is 3.65. The maximum Gasteiger partial charge on any atom is 0.140 e. The smallest absolute Gasteiger partial charge is 0.140 e. The summed E-state index contributed by atoms with van der Waals surface area (Å²) in [6.45, 7) is 5.55. The molecular weight excluding hydrogens is 234 g/mol. The van der Waals surface area contributed by atoms with Crippen LogP contribution >= 0.6 is 0 Å². The van der Waals surface area contributed by atoms with Crippen molar-refractivity contribution in [2.24, 2.45) is 5.92 Å². The monoisotopic (exact) mass is 255 g/mol. The molecule has 1 aliphatic rings. The summed E-state index contributed by atoms with van der Waals surface area (Å²) in [5.74, 6) is 1.88. The summed E-state index contributed by atoms with van der Waals surface area (Å²) < 4.78 is 2.38. The topological polar surface area (TPSA) is 29.9 Å². The second-order valence-corrected chi connectivity index (χ2v) is 5.39. The van der Waals surface area contributed by atoms with E-state index in [-0.39, 0.29) is 0 Å². The molecule has 1 saturated heterocycles. The number of aromatic nitrogens is 2. The molecule has 1 N–H and O–H groups in total. The summed E-state index contributed by atoms with van der Waals surface area (Å²) in [5, 5.41) is 3.43. The van der Waals surface area contributed by atoms with Gasteiger partial charge in [0, 0.05) is 24.0 Å². The Bertz CT molecular complexity index is 524. The van der Waals surface area contributed by atoms with E-state index in [1.807, 2.05) is 6.20 Å². The van der Waals surface area contributed by atoms with Gasteiger partial charge in [-0.2, -0.15) is 0 Å². The zero-order chi connectivity index (χ0) is 13.1. The molecule has 0 aliphatic carbocycles. The van der Waals surface area contributed by atoms with Crippen molar-refractivity contribution in [2.45, 2.75) is 26.3 Å². The lowest BCUT2D eigenvalue weighted by molar-refractivity contribution is 0.332. The van der Waals surface area contributed by atoms with E-state index in [9.17, 15) is 0 Å².